The van der Waals surface area contributed by atoms with E-state index in [2.05, 4.69) is 57.3 Å². The van der Waals surface area contributed by atoms with Crippen LogP contribution in [0.4, 0.5) is 0 Å². The lowest BCUT2D eigenvalue weighted by atomic mass is 9.93. The van der Waals surface area contributed by atoms with E-state index in [1.165, 1.54) is 11.1 Å². The summed E-state index contributed by atoms with van der Waals surface area (Å²) in [5, 5.41) is 3.12. The van der Waals surface area contributed by atoms with Gasteiger partial charge in [-0.2, -0.15) is 0 Å². The predicted molar refractivity (Wildman–Crippen MR) is 91.8 cm³/mol. The van der Waals surface area contributed by atoms with Crippen LogP contribution in [-0.4, -0.2) is 12.5 Å². The molecule has 0 aliphatic carbocycles. The van der Waals surface area contributed by atoms with Gasteiger partial charge in [0, 0.05) is 6.42 Å². The van der Waals surface area contributed by atoms with Crippen LogP contribution >= 0.6 is 12.4 Å². The first-order valence-corrected chi connectivity index (χ1v) is 7.55. The molecular formula is C17H29ClN2O. The summed E-state index contributed by atoms with van der Waals surface area (Å²) in [5.74, 6) is 0.976. The Bertz CT molecular complexity index is 415. The highest BCUT2D eigenvalue weighted by atomic mass is 35.5. The highest BCUT2D eigenvalue weighted by molar-refractivity contribution is 5.85. The Kier molecular flexibility index (Phi) is 9.31. The Morgan fingerprint density at radius 2 is 1.62 bits per heavy atom. The zero-order valence-corrected chi connectivity index (χ0v) is 14.4. The van der Waals surface area contributed by atoms with E-state index in [-0.39, 0.29) is 24.4 Å². The molecule has 0 aliphatic rings. The second kappa shape index (κ2) is 9.80. The van der Waals surface area contributed by atoms with Crippen LogP contribution < -0.4 is 11.1 Å². The summed E-state index contributed by atoms with van der Waals surface area (Å²) in [5.41, 5.74) is 7.94. The molecule has 4 heteroatoms. The van der Waals surface area contributed by atoms with Gasteiger partial charge in [0.05, 0.1) is 6.04 Å². The molecule has 3 N–H and O–H groups in total. The SMILES string of the molecule is CC(C)c1ccc(C(NC(=O)CCCN)C(C)C)cc1.Cl. The second-order valence-corrected chi connectivity index (χ2v) is 6.00. The molecule has 0 aromatic heterocycles. The van der Waals surface area contributed by atoms with Crippen molar-refractivity contribution in [2.45, 2.75) is 52.5 Å². The summed E-state index contributed by atoms with van der Waals surface area (Å²) in [6.45, 7) is 9.18. The molecular weight excluding hydrogens is 284 g/mol. The van der Waals surface area contributed by atoms with Gasteiger partial charge in [0.2, 0.25) is 5.91 Å². The number of carbonyl (C=O) groups is 1. The van der Waals surface area contributed by atoms with Gasteiger partial charge < -0.3 is 11.1 Å². The first-order valence-electron chi connectivity index (χ1n) is 7.55. The summed E-state index contributed by atoms with van der Waals surface area (Å²) in [4.78, 5) is 11.9. The molecule has 1 aromatic carbocycles. The average Bonchev–Trinajstić information content (AvgIpc) is 2.42. The number of nitrogens with one attached hydrogen (secondary N) is 1. The lowest BCUT2D eigenvalue weighted by Gasteiger charge is -2.23. The molecule has 1 unspecified atom stereocenters. The maximum absolute atomic E-state index is 11.9. The third-order valence-corrected chi connectivity index (χ3v) is 3.55. The maximum Gasteiger partial charge on any atom is 0.220 e. The van der Waals surface area contributed by atoms with Crippen molar-refractivity contribution in [2.75, 3.05) is 6.54 Å². The molecule has 0 saturated carbocycles. The minimum Gasteiger partial charge on any atom is -0.349 e. The molecule has 1 aromatic rings. The maximum atomic E-state index is 11.9. The summed E-state index contributed by atoms with van der Waals surface area (Å²) in [6.07, 6.45) is 1.24. The first-order chi connectivity index (χ1) is 9.45. The lowest BCUT2D eigenvalue weighted by Crippen LogP contribution is -2.31. The molecule has 21 heavy (non-hydrogen) atoms. The van der Waals surface area contributed by atoms with Crippen molar-refractivity contribution in [3.05, 3.63) is 35.4 Å². The number of amides is 1. The highest BCUT2D eigenvalue weighted by Crippen LogP contribution is 2.24. The Morgan fingerprint density at radius 1 is 1.10 bits per heavy atom. The Morgan fingerprint density at radius 3 is 2.05 bits per heavy atom. The Labute approximate surface area is 135 Å². The number of hydrogen-bond acceptors (Lipinski definition) is 2. The summed E-state index contributed by atoms with van der Waals surface area (Å²) >= 11 is 0. The van der Waals surface area contributed by atoms with E-state index in [1.54, 1.807) is 0 Å². The van der Waals surface area contributed by atoms with Crippen molar-refractivity contribution >= 4 is 18.3 Å². The van der Waals surface area contributed by atoms with Gasteiger partial charge in [0.15, 0.2) is 0 Å². The van der Waals surface area contributed by atoms with Crippen LogP contribution in [0.3, 0.4) is 0 Å². The zero-order chi connectivity index (χ0) is 15.1. The number of rotatable bonds is 7. The van der Waals surface area contributed by atoms with Crippen molar-refractivity contribution in [2.24, 2.45) is 11.7 Å². The van der Waals surface area contributed by atoms with Crippen LogP contribution in [0.5, 0.6) is 0 Å². The quantitative estimate of drug-likeness (QED) is 0.805. The first kappa shape index (κ1) is 19.9. The lowest BCUT2D eigenvalue weighted by molar-refractivity contribution is -0.122. The average molecular weight is 313 g/mol. The molecule has 0 radical (unpaired) electrons. The number of carbonyl (C=O) groups excluding carboxylic acids is 1. The molecule has 3 nitrogen and oxygen atoms in total. The molecule has 120 valence electrons. The molecule has 0 spiro atoms. The van der Waals surface area contributed by atoms with Crippen LogP contribution in [0.2, 0.25) is 0 Å². The van der Waals surface area contributed by atoms with Gasteiger partial charge >= 0.3 is 0 Å². The number of nitrogens with two attached hydrogens (primary N) is 1. The number of benzene rings is 1. The van der Waals surface area contributed by atoms with Crippen molar-refractivity contribution in [1.82, 2.24) is 5.32 Å². The molecule has 0 heterocycles. The van der Waals surface area contributed by atoms with E-state index in [9.17, 15) is 4.79 Å². The van der Waals surface area contributed by atoms with Crippen molar-refractivity contribution in [1.29, 1.82) is 0 Å². The predicted octanol–water partition coefficient (Wildman–Crippen LogP) is 3.78. The molecule has 0 aliphatic heterocycles. The zero-order valence-electron chi connectivity index (χ0n) is 13.6. The molecule has 0 bridgehead atoms. The molecule has 0 saturated heterocycles. The fourth-order valence-electron chi connectivity index (χ4n) is 2.23. The standard InChI is InChI=1S/C17H28N2O.ClH/c1-12(2)14-7-9-15(10-8-14)17(13(3)4)19-16(20)6-5-11-18;/h7-10,12-13,17H,5-6,11,18H2,1-4H3,(H,19,20);1H. The van der Waals surface area contributed by atoms with Gasteiger partial charge in [-0.3, -0.25) is 4.79 Å². The van der Waals surface area contributed by atoms with Gasteiger partial charge in [0.25, 0.3) is 0 Å². The third kappa shape index (κ3) is 6.49. The van der Waals surface area contributed by atoms with Crippen LogP contribution in [-0.2, 0) is 4.79 Å². The van der Waals surface area contributed by atoms with Crippen molar-refractivity contribution in [3.8, 4) is 0 Å². The van der Waals surface area contributed by atoms with Crippen LogP contribution in [0.25, 0.3) is 0 Å². The van der Waals surface area contributed by atoms with E-state index in [0.717, 1.165) is 6.42 Å². The fourth-order valence-corrected chi connectivity index (χ4v) is 2.23. The molecule has 1 atom stereocenters. The van der Waals surface area contributed by atoms with E-state index < -0.39 is 0 Å². The van der Waals surface area contributed by atoms with Crippen LogP contribution in [0, 0.1) is 5.92 Å². The van der Waals surface area contributed by atoms with E-state index in [1.807, 2.05) is 0 Å². The number of hydrogen-bond donors (Lipinski definition) is 2. The van der Waals surface area contributed by atoms with Gasteiger partial charge in [-0.15, -0.1) is 12.4 Å². The van der Waals surface area contributed by atoms with Gasteiger partial charge in [-0.25, -0.2) is 0 Å². The fraction of sp³-hybridized carbons (Fsp3) is 0.588. The molecule has 0 fully saturated rings. The van der Waals surface area contributed by atoms with Crippen LogP contribution in [0.1, 0.15) is 63.6 Å². The van der Waals surface area contributed by atoms with E-state index in [4.69, 9.17) is 5.73 Å². The topological polar surface area (TPSA) is 55.1 Å². The molecule has 1 rings (SSSR count). The third-order valence-electron chi connectivity index (χ3n) is 3.55. The Hall–Kier alpha value is -1.06. The number of halogens is 1. The monoisotopic (exact) mass is 312 g/mol. The minimum atomic E-state index is 0. The Balaban J connectivity index is 0.00000400. The van der Waals surface area contributed by atoms with Gasteiger partial charge in [-0.05, 0) is 35.9 Å². The summed E-state index contributed by atoms with van der Waals surface area (Å²) in [7, 11) is 0. The minimum absolute atomic E-state index is 0. The van der Waals surface area contributed by atoms with E-state index >= 15 is 0 Å². The van der Waals surface area contributed by atoms with Gasteiger partial charge in [-0.1, -0.05) is 52.0 Å². The van der Waals surface area contributed by atoms with E-state index in [0.29, 0.717) is 24.8 Å². The van der Waals surface area contributed by atoms with Crippen LogP contribution in [0.15, 0.2) is 24.3 Å². The summed E-state index contributed by atoms with van der Waals surface area (Å²) in [6, 6.07) is 8.64. The highest BCUT2D eigenvalue weighted by Gasteiger charge is 2.18. The molecule has 1 amide bonds. The summed E-state index contributed by atoms with van der Waals surface area (Å²) < 4.78 is 0. The van der Waals surface area contributed by atoms with Crippen molar-refractivity contribution in [3.63, 3.8) is 0 Å². The normalized spacial score (nSPS) is 12.1. The van der Waals surface area contributed by atoms with Crippen molar-refractivity contribution < 1.29 is 4.79 Å². The van der Waals surface area contributed by atoms with Gasteiger partial charge in [0.1, 0.15) is 0 Å². The largest absolute Gasteiger partial charge is 0.349 e. The second-order valence-electron chi connectivity index (χ2n) is 6.00. The smallest absolute Gasteiger partial charge is 0.220 e.